The fraction of sp³-hybridized carbons (Fsp3) is 0.176. The first kappa shape index (κ1) is 18.5. The Bertz CT molecular complexity index is 792. The van der Waals surface area contributed by atoms with Gasteiger partial charge in [0.1, 0.15) is 0 Å². The van der Waals surface area contributed by atoms with Gasteiger partial charge in [-0.3, -0.25) is 4.79 Å². The first-order chi connectivity index (χ1) is 11.5. The van der Waals surface area contributed by atoms with Crippen LogP contribution in [0.3, 0.4) is 0 Å². The van der Waals surface area contributed by atoms with E-state index >= 15 is 0 Å². The fourth-order valence-corrected chi connectivity index (χ4v) is 2.86. The minimum atomic E-state index is -0.319. The lowest BCUT2D eigenvalue weighted by atomic mass is 10.1. The molecule has 24 heavy (non-hydrogen) atoms. The third kappa shape index (κ3) is 4.15. The van der Waals surface area contributed by atoms with Crippen molar-refractivity contribution in [3.8, 4) is 11.5 Å². The van der Waals surface area contributed by atoms with Gasteiger partial charge in [-0.15, -0.1) is 0 Å². The Labute approximate surface area is 157 Å². The van der Waals surface area contributed by atoms with Gasteiger partial charge in [0.05, 0.1) is 18.4 Å². The van der Waals surface area contributed by atoms with Crippen molar-refractivity contribution >= 4 is 44.0 Å². The van der Waals surface area contributed by atoms with Crippen molar-refractivity contribution in [3.05, 3.63) is 56.0 Å². The lowest BCUT2D eigenvalue weighted by molar-refractivity contribution is 0.0954. The van der Waals surface area contributed by atoms with Crippen LogP contribution in [-0.4, -0.2) is 23.8 Å². The molecule has 0 bridgehead atoms. The van der Waals surface area contributed by atoms with E-state index in [2.05, 4.69) is 42.4 Å². The zero-order valence-electron chi connectivity index (χ0n) is 13.1. The molecule has 0 aliphatic heterocycles. The molecule has 0 aliphatic rings. The van der Waals surface area contributed by atoms with Crippen molar-refractivity contribution in [1.29, 1.82) is 0 Å². The van der Waals surface area contributed by atoms with E-state index in [1.54, 1.807) is 18.2 Å². The van der Waals surface area contributed by atoms with Crippen LogP contribution in [0.5, 0.6) is 11.5 Å². The predicted octanol–water partition coefficient (Wildman–Crippen LogP) is 4.39. The Balaban J connectivity index is 2.23. The molecular formula is C17H16Br2N2O3. The van der Waals surface area contributed by atoms with Gasteiger partial charge >= 0.3 is 0 Å². The zero-order valence-corrected chi connectivity index (χ0v) is 16.3. The maximum Gasteiger partial charge on any atom is 0.271 e. The topological polar surface area (TPSA) is 70.9 Å². The van der Waals surface area contributed by atoms with E-state index in [1.807, 2.05) is 26.0 Å². The lowest BCUT2D eigenvalue weighted by Gasteiger charge is -2.11. The molecule has 2 N–H and O–H groups in total. The van der Waals surface area contributed by atoms with Crippen molar-refractivity contribution in [2.24, 2.45) is 5.10 Å². The number of aryl methyl sites for hydroxylation is 1. The molecule has 2 rings (SSSR count). The summed E-state index contributed by atoms with van der Waals surface area (Å²) in [7, 11) is 0. The van der Waals surface area contributed by atoms with Crippen LogP contribution >= 0.6 is 31.9 Å². The molecule has 5 nitrogen and oxygen atoms in total. The van der Waals surface area contributed by atoms with Crippen molar-refractivity contribution < 1.29 is 14.6 Å². The van der Waals surface area contributed by atoms with Gasteiger partial charge in [0.25, 0.3) is 5.91 Å². The molecule has 0 aliphatic carbocycles. The third-order valence-electron chi connectivity index (χ3n) is 3.24. The van der Waals surface area contributed by atoms with Crippen LogP contribution in [0.2, 0.25) is 0 Å². The summed E-state index contributed by atoms with van der Waals surface area (Å²) >= 11 is 6.75. The average Bonchev–Trinajstić information content (AvgIpc) is 2.56. The Morgan fingerprint density at radius 1 is 1.38 bits per heavy atom. The maximum atomic E-state index is 12.1. The molecule has 126 valence electrons. The van der Waals surface area contributed by atoms with Gasteiger partial charge in [0.15, 0.2) is 11.5 Å². The number of carbonyl (C=O) groups is 1. The molecule has 0 fully saturated rings. The summed E-state index contributed by atoms with van der Waals surface area (Å²) < 4.78 is 6.69. The summed E-state index contributed by atoms with van der Waals surface area (Å²) in [5.74, 6) is -0.0416. The van der Waals surface area contributed by atoms with Crippen LogP contribution in [0, 0.1) is 6.92 Å². The highest BCUT2D eigenvalue weighted by Crippen LogP contribution is 2.39. The molecule has 0 spiro atoms. The standard InChI is InChI=1S/C17H16Br2N2O3/c1-3-24-14-8-13(18)15(19)12(16(14)22)9-20-21-17(23)11-7-5-4-6-10(11)2/h4-9,22H,3H2,1-2H3,(H,21,23)/b20-9+. The fourth-order valence-electron chi connectivity index (χ4n) is 2.04. The summed E-state index contributed by atoms with van der Waals surface area (Å²) in [5.41, 5.74) is 4.26. The van der Waals surface area contributed by atoms with Crippen molar-refractivity contribution in [2.45, 2.75) is 13.8 Å². The minimum Gasteiger partial charge on any atom is -0.504 e. The number of aromatic hydroxyl groups is 1. The number of amides is 1. The van der Waals surface area contributed by atoms with E-state index < -0.39 is 0 Å². The number of ether oxygens (including phenoxy) is 1. The van der Waals surface area contributed by atoms with Crippen molar-refractivity contribution in [2.75, 3.05) is 6.61 Å². The highest BCUT2D eigenvalue weighted by atomic mass is 79.9. The second-order valence-corrected chi connectivity index (χ2v) is 6.53. The number of rotatable bonds is 5. The van der Waals surface area contributed by atoms with E-state index in [0.29, 0.717) is 32.4 Å². The van der Waals surface area contributed by atoms with Crippen molar-refractivity contribution in [1.82, 2.24) is 5.43 Å². The smallest absolute Gasteiger partial charge is 0.271 e. The molecule has 7 heteroatoms. The summed E-state index contributed by atoms with van der Waals surface area (Å²) in [6, 6.07) is 8.88. The van der Waals surface area contributed by atoms with Crippen LogP contribution in [0.1, 0.15) is 28.4 Å². The van der Waals surface area contributed by atoms with Gasteiger partial charge in [-0.1, -0.05) is 18.2 Å². The number of phenolic OH excluding ortho intramolecular Hbond substituents is 1. The van der Waals surface area contributed by atoms with Gasteiger partial charge < -0.3 is 9.84 Å². The second kappa shape index (κ2) is 8.30. The van der Waals surface area contributed by atoms with Crippen LogP contribution in [0.25, 0.3) is 0 Å². The highest BCUT2D eigenvalue weighted by Gasteiger charge is 2.15. The molecule has 0 unspecified atom stereocenters. The first-order valence-corrected chi connectivity index (χ1v) is 8.77. The molecule has 0 saturated carbocycles. The molecule has 0 saturated heterocycles. The summed E-state index contributed by atoms with van der Waals surface area (Å²) in [4.78, 5) is 12.1. The summed E-state index contributed by atoms with van der Waals surface area (Å²) in [5, 5.41) is 14.2. The largest absolute Gasteiger partial charge is 0.504 e. The number of carbonyl (C=O) groups excluding carboxylic acids is 1. The van der Waals surface area contributed by atoms with E-state index in [4.69, 9.17) is 4.74 Å². The van der Waals surface area contributed by atoms with E-state index in [1.165, 1.54) is 6.21 Å². The quantitative estimate of drug-likeness (QED) is 0.518. The number of halogens is 2. The Kier molecular flexibility index (Phi) is 6.39. The molecule has 0 heterocycles. The number of hydrogen-bond donors (Lipinski definition) is 2. The van der Waals surface area contributed by atoms with Crippen LogP contribution in [-0.2, 0) is 0 Å². The molecular weight excluding hydrogens is 440 g/mol. The maximum absolute atomic E-state index is 12.1. The lowest BCUT2D eigenvalue weighted by Crippen LogP contribution is -2.18. The SMILES string of the molecule is CCOc1cc(Br)c(Br)c(/C=N/NC(=O)c2ccccc2C)c1O. The monoisotopic (exact) mass is 454 g/mol. The predicted molar refractivity (Wildman–Crippen MR) is 101 cm³/mol. The molecule has 2 aromatic carbocycles. The van der Waals surface area contributed by atoms with Gasteiger partial charge in [0, 0.05) is 14.5 Å². The zero-order chi connectivity index (χ0) is 17.7. The number of hydrazone groups is 1. The number of hydrogen-bond acceptors (Lipinski definition) is 4. The summed E-state index contributed by atoms with van der Waals surface area (Å²) in [6.45, 7) is 4.09. The van der Waals surface area contributed by atoms with E-state index in [-0.39, 0.29) is 11.7 Å². The number of benzene rings is 2. The molecule has 0 radical (unpaired) electrons. The molecule has 0 atom stereocenters. The second-order valence-electron chi connectivity index (χ2n) is 4.88. The van der Waals surface area contributed by atoms with E-state index in [9.17, 15) is 9.90 Å². The average molecular weight is 456 g/mol. The third-order valence-corrected chi connectivity index (χ3v) is 5.25. The van der Waals surface area contributed by atoms with Crippen LogP contribution < -0.4 is 10.2 Å². The van der Waals surface area contributed by atoms with Crippen molar-refractivity contribution in [3.63, 3.8) is 0 Å². The van der Waals surface area contributed by atoms with Crippen LogP contribution in [0.4, 0.5) is 0 Å². The Hall–Kier alpha value is -1.86. The molecule has 2 aromatic rings. The highest BCUT2D eigenvalue weighted by molar-refractivity contribution is 9.13. The number of nitrogens with zero attached hydrogens (tertiary/aromatic N) is 1. The number of phenols is 1. The van der Waals surface area contributed by atoms with Gasteiger partial charge in [-0.25, -0.2) is 5.43 Å². The Morgan fingerprint density at radius 3 is 2.75 bits per heavy atom. The molecule has 1 amide bonds. The molecule has 0 aromatic heterocycles. The van der Waals surface area contributed by atoms with Gasteiger partial charge in [-0.05, 0) is 63.4 Å². The minimum absolute atomic E-state index is 0.0548. The normalized spacial score (nSPS) is 10.8. The first-order valence-electron chi connectivity index (χ1n) is 7.18. The van der Waals surface area contributed by atoms with Crippen LogP contribution in [0.15, 0.2) is 44.4 Å². The Morgan fingerprint density at radius 2 is 2.08 bits per heavy atom. The number of nitrogens with one attached hydrogen (secondary N) is 1. The van der Waals surface area contributed by atoms with Gasteiger partial charge in [-0.2, -0.15) is 5.10 Å². The van der Waals surface area contributed by atoms with Gasteiger partial charge in [0.2, 0.25) is 0 Å². The summed E-state index contributed by atoms with van der Waals surface area (Å²) in [6.07, 6.45) is 1.36. The van der Waals surface area contributed by atoms with E-state index in [0.717, 1.165) is 5.56 Å².